The molecule has 0 aromatic rings. The van der Waals surface area contributed by atoms with Crippen molar-refractivity contribution in [1.82, 2.24) is 5.32 Å². The Balaban J connectivity index is 0. The molecule has 0 saturated heterocycles. The van der Waals surface area contributed by atoms with Crippen molar-refractivity contribution in [3.05, 3.63) is 12.2 Å². The van der Waals surface area contributed by atoms with Crippen molar-refractivity contribution in [2.75, 3.05) is 14.1 Å². The van der Waals surface area contributed by atoms with Gasteiger partial charge in [-0.2, -0.15) is 0 Å². The molecule has 0 aromatic heterocycles. The number of unbranched alkanes of at least 4 members (excludes halogenated alkanes) is 3. The van der Waals surface area contributed by atoms with Gasteiger partial charge < -0.3 is 11.1 Å². The lowest BCUT2D eigenvalue weighted by Gasteiger charge is -1.99. The number of nitrogens with two attached hydrogens (primary N) is 1. The molecule has 0 aliphatic rings. The number of carbonyl (C=O) groups excluding carboxylic acids is 1. The van der Waals surface area contributed by atoms with Crippen molar-refractivity contribution >= 4 is 5.91 Å². The van der Waals surface area contributed by atoms with E-state index in [0.29, 0.717) is 5.57 Å². The van der Waals surface area contributed by atoms with Crippen molar-refractivity contribution in [3.8, 4) is 0 Å². The van der Waals surface area contributed by atoms with Gasteiger partial charge in [0.1, 0.15) is 0 Å². The molecule has 0 rings (SSSR count). The molecule has 84 valence electrons. The molecule has 3 heteroatoms. The summed E-state index contributed by atoms with van der Waals surface area (Å²) in [5.74, 6) is -0.360. The van der Waals surface area contributed by atoms with Gasteiger partial charge in [0.05, 0.1) is 0 Å². The van der Waals surface area contributed by atoms with Crippen LogP contribution in [0.15, 0.2) is 12.2 Å². The summed E-state index contributed by atoms with van der Waals surface area (Å²) in [6, 6.07) is 0. The SMILES string of the molecule is C=C(CCCCCC)C(N)=O.CNC. The van der Waals surface area contributed by atoms with Crippen LogP contribution in [0.5, 0.6) is 0 Å². The summed E-state index contributed by atoms with van der Waals surface area (Å²) in [4.78, 5) is 10.5. The minimum Gasteiger partial charge on any atom is -0.366 e. The molecule has 0 unspecified atom stereocenters. The Kier molecular flexibility index (Phi) is 13.6. The van der Waals surface area contributed by atoms with Crippen LogP contribution in [0.4, 0.5) is 0 Å². The van der Waals surface area contributed by atoms with E-state index in [-0.39, 0.29) is 5.91 Å². The van der Waals surface area contributed by atoms with Crippen molar-refractivity contribution in [1.29, 1.82) is 0 Å². The summed E-state index contributed by atoms with van der Waals surface area (Å²) in [6.45, 7) is 5.73. The van der Waals surface area contributed by atoms with Gasteiger partial charge in [0.15, 0.2) is 0 Å². The maximum absolute atomic E-state index is 10.5. The first-order chi connectivity index (χ1) is 6.59. The molecular weight excluding hydrogens is 176 g/mol. The smallest absolute Gasteiger partial charge is 0.244 e. The number of amides is 1. The fraction of sp³-hybridized carbons (Fsp3) is 0.727. The number of nitrogens with one attached hydrogen (secondary N) is 1. The molecule has 1 amide bonds. The third-order valence-electron chi connectivity index (χ3n) is 1.68. The summed E-state index contributed by atoms with van der Waals surface area (Å²) in [5, 5.41) is 2.75. The van der Waals surface area contributed by atoms with E-state index in [0.717, 1.165) is 12.8 Å². The number of rotatable bonds is 6. The highest BCUT2D eigenvalue weighted by atomic mass is 16.1. The molecule has 14 heavy (non-hydrogen) atoms. The van der Waals surface area contributed by atoms with Crippen molar-refractivity contribution in [2.45, 2.75) is 39.0 Å². The first-order valence-electron chi connectivity index (χ1n) is 5.16. The Labute approximate surface area is 87.8 Å². The first kappa shape index (κ1) is 15.6. The summed E-state index contributed by atoms with van der Waals surface area (Å²) < 4.78 is 0. The van der Waals surface area contributed by atoms with Gasteiger partial charge in [0.2, 0.25) is 5.91 Å². The largest absolute Gasteiger partial charge is 0.366 e. The van der Waals surface area contributed by atoms with Gasteiger partial charge in [-0.25, -0.2) is 0 Å². The second kappa shape index (κ2) is 12.2. The zero-order valence-corrected chi connectivity index (χ0v) is 9.73. The first-order valence-corrected chi connectivity index (χ1v) is 5.16. The number of hydrogen-bond donors (Lipinski definition) is 2. The van der Waals surface area contributed by atoms with Crippen LogP contribution in [0.2, 0.25) is 0 Å². The highest BCUT2D eigenvalue weighted by Crippen LogP contribution is 2.07. The monoisotopic (exact) mass is 200 g/mol. The molecule has 0 heterocycles. The Morgan fingerprint density at radius 1 is 1.29 bits per heavy atom. The second-order valence-electron chi connectivity index (χ2n) is 3.28. The van der Waals surface area contributed by atoms with Crippen LogP contribution in [0.25, 0.3) is 0 Å². The van der Waals surface area contributed by atoms with E-state index >= 15 is 0 Å². The van der Waals surface area contributed by atoms with Crippen molar-refractivity contribution in [2.24, 2.45) is 5.73 Å². The van der Waals surface area contributed by atoms with Crippen LogP contribution in [-0.4, -0.2) is 20.0 Å². The average molecular weight is 200 g/mol. The highest BCUT2D eigenvalue weighted by Gasteiger charge is 1.99. The predicted molar refractivity (Wildman–Crippen MR) is 62.1 cm³/mol. The Bertz CT molecular complexity index is 155. The predicted octanol–water partition coefficient (Wildman–Crippen LogP) is 1.83. The number of primary amides is 1. The lowest BCUT2D eigenvalue weighted by Crippen LogP contribution is -2.12. The summed E-state index contributed by atoms with van der Waals surface area (Å²) in [7, 11) is 3.75. The second-order valence-corrected chi connectivity index (χ2v) is 3.28. The molecule has 0 radical (unpaired) electrons. The van der Waals surface area contributed by atoms with Gasteiger partial charge in [-0.3, -0.25) is 4.79 Å². The maximum Gasteiger partial charge on any atom is 0.244 e. The molecule has 0 aliphatic heterocycles. The Morgan fingerprint density at radius 3 is 2.14 bits per heavy atom. The lowest BCUT2D eigenvalue weighted by atomic mass is 10.1. The van der Waals surface area contributed by atoms with Crippen LogP contribution in [0, 0.1) is 0 Å². The van der Waals surface area contributed by atoms with Gasteiger partial charge in [0.25, 0.3) is 0 Å². The average Bonchev–Trinajstić information content (AvgIpc) is 2.13. The zero-order valence-electron chi connectivity index (χ0n) is 9.73. The normalized spacial score (nSPS) is 8.79. The summed E-state index contributed by atoms with van der Waals surface area (Å²) >= 11 is 0. The maximum atomic E-state index is 10.5. The van der Waals surface area contributed by atoms with E-state index in [1.807, 2.05) is 14.1 Å². The van der Waals surface area contributed by atoms with E-state index in [1.165, 1.54) is 19.3 Å². The highest BCUT2D eigenvalue weighted by molar-refractivity contribution is 5.91. The van der Waals surface area contributed by atoms with E-state index in [1.54, 1.807) is 0 Å². The van der Waals surface area contributed by atoms with Gasteiger partial charge in [0, 0.05) is 5.57 Å². The molecule has 0 fully saturated rings. The number of carbonyl (C=O) groups is 1. The molecule has 0 atom stereocenters. The Hall–Kier alpha value is -0.830. The fourth-order valence-corrected chi connectivity index (χ4v) is 0.888. The fourth-order valence-electron chi connectivity index (χ4n) is 0.888. The van der Waals surface area contributed by atoms with E-state index in [2.05, 4.69) is 18.8 Å². The van der Waals surface area contributed by atoms with E-state index < -0.39 is 0 Å². The molecule has 0 saturated carbocycles. The number of hydrogen-bond acceptors (Lipinski definition) is 2. The van der Waals surface area contributed by atoms with Gasteiger partial charge in [-0.15, -0.1) is 0 Å². The minimum absolute atomic E-state index is 0.360. The molecule has 0 aliphatic carbocycles. The van der Waals surface area contributed by atoms with Crippen molar-refractivity contribution < 1.29 is 4.79 Å². The molecular formula is C11H24N2O. The van der Waals surface area contributed by atoms with Crippen molar-refractivity contribution in [3.63, 3.8) is 0 Å². The standard InChI is InChI=1S/C9H17NO.C2H7N/c1-3-4-5-6-7-8(2)9(10)11;1-3-2/h2-7H2,1H3,(H2,10,11);3H,1-2H3. The molecule has 0 bridgehead atoms. The van der Waals surface area contributed by atoms with Gasteiger partial charge in [-0.05, 0) is 26.9 Å². The summed E-state index contributed by atoms with van der Waals surface area (Å²) in [6.07, 6.45) is 5.41. The van der Waals surface area contributed by atoms with E-state index in [4.69, 9.17) is 5.73 Å². The van der Waals surface area contributed by atoms with Gasteiger partial charge in [-0.1, -0.05) is 32.8 Å². The molecule has 0 aromatic carbocycles. The molecule has 0 spiro atoms. The van der Waals surface area contributed by atoms with Crippen LogP contribution >= 0.6 is 0 Å². The van der Waals surface area contributed by atoms with Crippen LogP contribution in [0.1, 0.15) is 39.0 Å². The molecule has 3 nitrogen and oxygen atoms in total. The third kappa shape index (κ3) is 13.7. The summed E-state index contributed by atoms with van der Waals surface area (Å²) in [5.41, 5.74) is 5.57. The quantitative estimate of drug-likeness (QED) is 0.507. The topological polar surface area (TPSA) is 55.1 Å². The van der Waals surface area contributed by atoms with Crippen LogP contribution in [-0.2, 0) is 4.79 Å². The van der Waals surface area contributed by atoms with Crippen LogP contribution < -0.4 is 11.1 Å². The Morgan fingerprint density at radius 2 is 1.79 bits per heavy atom. The van der Waals surface area contributed by atoms with E-state index in [9.17, 15) is 4.79 Å². The zero-order chi connectivity index (χ0) is 11.4. The molecule has 3 N–H and O–H groups in total. The lowest BCUT2D eigenvalue weighted by molar-refractivity contribution is -0.114. The minimum atomic E-state index is -0.360. The third-order valence-corrected chi connectivity index (χ3v) is 1.68. The van der Waals surface area contributed by atoms with Crippen LogP contribution in [0.3, 0.4) is 0 Å². The van der Waals surface area contributed by atoms with Gasteiger partial charge >= 0.3 is 0 Å².